The molecule has 1 heterocycles. The monoisotopic (exact) mass is 463 g/mol. The van der Waals surface area contributed by atoms with Crippen LogP contribution in [0.25, 0.3) is 0 Å². The van der Waals surface area contributed by atoms with Crippen LogP contribution in [0.4, 0.5) is 5.69 Å². The molecule has 2 atom stereocenters. The van der Waals surface area contributed by atoms with Crippen molar-refractivity contribution in [1.82, 2.24) is 5.01 Å². The number of morpholine rings is 1. The Balaban J connectivity index is 1.44. The number of benzene rings is 2. The van der Waals surface area contributed by atoms with Crippen molar-refractivity contribution in [1.29, 1.82) is 0 Å². The van der Waals surface area contributed by atoms with Gasteiger partial charge in [-0.1, -0.05) is 25.1 Å². The normalized spacial score (nSPS) is 20.2. The van der Waals surface area contributed by atoms with E-state index in [0.29, 0.717) is 18.8 Å². The largest absolute Gasteiger partial charge is 0.481 e. The molecule has 1 saturated heterocycles. The predicted octanol–water partition coefficient (Wildman–Crippen LogP) is 4.16. The van der Waals surface area contributed by atoms with Crippen LogP contribution in [0, 0.1) is 5.92 Å². The summed E-state index contributed by atoms with van der Waals surface area (Å²) < 4.78 is 5.34. The Morgan fingerprint density at radius 3 is 2.59 bits per heavy atom. The molecule has 180 valence electrons. The Morgan fingerprint density at radius 2 is 1.91 bits per heavy atom. The summed E-state index contributed by atoms with van der Waals surface area (Å²) in [6, 6.07) is 13.7. The highest BCUT2D eigenvalue weighted by atomic mass is 16.5. The van der Waals surface area contributed by atoms with Crippen molar-refractivity contribution in [3.8, 4) is 0 Å². The van der Waals surface area contributed by atoms with Gasteiger partial charge in [-0.25, -0.2) is 0 Å². The zero-order valence-electron chi connectivity index (χ0n) is 19.9. The molecule has 1 aliphatic carbocycles. The van der Waals surface area contributed by atoms with Crippen LogP contribution in [0.3, 0.4) is 0 Å². The first-order chi connectivity index (χ1) is 16.5. The van der Waals surface area contributed by atoms with E-state index in [1.165, 1.54) is 11.1 Å². The first-order valence-corrected chi connectivity index (χ1v) is 12.1. The maximum atomic E-state index is 13.2. The van der Waals surface area contributed by atoms with Gasteiger partial charge in [-0.3, -0.25) is 14.6 Å². The molecule has 0 radical (unpaired) electrons. The van der Waals surface area contributed by atoms with E-state index in [9.17, 15) is 14.7 Å². The highest BCUT2D eigenvalue weighted by Gasteiger charge is 2.30. The number of nitrogens with zero attached hydrogens (tertiary/aromatic N) is 3. The first kappa shape index (κ1) is 24.0. The molecule has 1 N–H and O–H groups in total. The molecule has 0 bridgehead atoms. The van der Waals surface area contributed by atoms with Crippen LogP contribution in [-0.4, -0.2) is 61.6 Å². The van der Waals surface area contributed by atoms with Gasteiger partial charge in [-0.05, 0) is 72.1 Å². The summed E-state index contributed by atoms with van der Waals surface area (Å²) in [6.45, 7) is 5.11. The molecule has 1 fully saturated rings. The zero-order chi connectivity index (χ0) is 24.1. The van der Waals surface area contributed by atoms with Crippen molar-refractivity contribution in [3.63, 3.8) is 0 Å². The standard InChI is InChI=1S/C27H33N3O4/c1-3-24-21(17-26(31)32)7-6-20-16-22(8-11-25(20)24)27(33)29(2)23-9-4-19(5-10-23)18-28-30-12-14-34-15-13-30/h4-5,8-11,16,18,21,24H,3,6-7,12-15,17H2,1-2H3,(H,31,32). The molecule has 0 aromatic heterocycles. The fraction of sp³-hybridized carbons (Fsp3) is 0.444. The van der Waals surface area contributed by atoms with Crippen molar-refractivity contribution in [2.45, 2.75) is 38.5 Å². The van der Waals surface area contributed by atoms with E-state index in [-0.39, 0.29) is 24.2 Å². The number of carboxylic acids is 1. The Bertz CT molecular complexity index is 1040. The lowest BCUT2D eigenvalue weighted by atomic mass is 9.72. The molecule has 7 heteroatoms. The van der Waals surface area contributed by atoms with Crippen LogP contribution in [0.2, 0.25) is 0 Å². The van der Waals surface area contributed by atoms with Crippen LogP contribution in [0.15, 0.2) is 47.6 Å². The van der Waals surface area contributed by atoms with E-state index in [1.807, 2.05) is 53.7 Å². The molecule has 4 rings (SSSR count). The van der Waals surface area contributed by atoms with Crippen molar-refractivity contribution in [2.24, 2.45) is 11.0 Å². The first-order valence-electron chi connectivity index (χ1n) is 12.1. The number of ether oxygens (including phenoxy) is 1. The maximum absolute atomic E-state index is 13.2. The smallest absolute Gasteiger partial charge is 0.303 e. The van der Waals surface area contributed by atoms with Gasteiger partial charge < -0.3 is 14.7 Å². The van der Waals surface area contributed by atoms with Crippen molar-refractivity contribution < 1.29 is 19.4 Å². The number of hydrazone groups is 1. The summed E-state index contributed by atoms with van der Waals surface area (Å²) in [4.78, 5) is 26.1. The number of rotatable bonds is 7. The average Bonchev–Trinajstić information content (AvgIpc) is 2.87. The van der Waals surface area contributed by atoms with Gasteiger partial charge >= 0.3 is 5.97 Å². The Hall–Kier alpha value is -3.19. The highest BCUT2D eigenvalue weighted by molar-refractivity contribution is 6.06. The van der Waals surface area contributed by atoms with Crippen LogP contribution in [0.5, 0.6) is 0 Å². The number of amides is 1. The second kappa shape index (κ2) is 10.8. The Morgan fingerprint density at radius 1 is 1.18 bits per heavy atom. The molecule has 2 aromatic carbocycles. The van der Waals surface area contributed by atoms with Gasteiger partial charge in [0, 0.05) is 24.7 Å². The van der Waals surface area contributed by atoms with Crippen molar-refractivity contribution in [2.75, 3.05) is 38.3 Å². The average molecular weight is 464 g/mol. The van der Waals surface area contributed by atoms with Crippen LogP contribution in [0.1, 0.15) is 59.2 Å². The molecular weight excluding hydrogens is 430 g/mol. The summed E-state index contributed by atoms with van der Waals surface area (Å²) in [5.41, 5.74) is 4.82. The number of hydrogen-bond acceptors (Lipinski definition) is 5. The van der Waals surface area contributed by atoms with E-state index in [4.69, 9.17) is 4.74 Å². The lowest BCUT2D eigenvalue weighted by molar-refractivity contribution is -0.138. The molecule has 2 unspecified atom stereocenters. The van der Waals surface area contributed by atoms with Gasteiger partial charge in [-0.2, -0.15) is 5.10 Å². The third kappa shape index (κ3) is 5.47. The molecular formula is C27H33N3O4. The molecule has 2 aromatic rings. The maximum Gasteiger partial charge on any atom is 0.303 e. The number of hydrogen-bond donors (Lipinski definition) is 1. The lowest BCUT2D eigenvalue weighted by Crippen LogP contribution is -2.32. The number of fused-ring (bicyclic) bond motifs is 1. The van der Waals surface area contributed by atoms with E-state index < -0.39 is 5.97 Å². The molecule has 0 spiro atoms. The predicted molar refractivity (Wildman–Crippen MR) is 133 cm³/mol. The summed E-state index contributed by atoms with van der Waals surface area (Å²) >= 11 is 0. The van der Waals surface area contributed by atoms with Gasteiger partial charge in [-0.15, -0.1) is 0 Å². The lowest BCUT2D eigenvalue weighted by Gasteiger charge is -2.32. The minimum Gasteiger partial charge on any atom is -0.481 e. The topological polar surface area (TPSA) is 82.4 Å². The van der Waals surface area contributed by atoms with E-state index in [0.717, 1.165) is 43.6 Å². The van der Waals surface area contributed by atoms with Gasteiger partial charge in [0.05, 0.1) is 32.5 Å². The summed E-state index contributed by atoms with van der Waals surface area (Å²) in [5, 5.41) is 15.8. The summed E-state index contributed by atoms with van der Waals surface area (Å²) in [6.07, 6.45) is 4.60. The van der Waals surface area contributed by atoms with Crippen LogP contribution >= 0.6 is 0 Å². The number of carboxylic acid groups (broad SMARTS) is 1. The second-order valence-electron chi connectivity index (χ2n) is 9.09. The minimum atomic E-state index is -0.737. The van der Waals surface area contributed by atoms with Crippen molar-refractivity contribution in [3.05, 3.63) is 64.7 Å². The Kier molecular flexibility index (Phi) is 7.63. The summed E-state index contributed by atoms with van der Waals surface area (Å²) in [7, 11) is 1.79. The fourth-order valence-electron chi connectivity index (χ4n) is 5.05. The molecule has 0 saturated carbocycles. The minimum absolute atomic E-state index is 0.0572. The molecule has 34 heavy (non-hydrogen) atoms. The second-order valence-corrected chi connectivity index (χ2v) is 9.09. The molecule has 1 aliphatic heterocycles. The number of carbonyl (C=O) groups is 2. The number of anilines is 1. The molecule has 1 amide bonds. The SMILES string of the molecule is CCC1c2ccc(C(=O)N(C)c3ccc(C=NN4CCOCC4)cc3)cc2CCC1CC(=O)O. The quantitative estimate of drug-likeness (QED) is 0.624. The van der Waals surface area contributed by atoms with E-state index in [1.54, 1.807) is 11.9 Å². The third-order valence-electron chi connectivity index (χ3n) is 6.96. The van der Waals surface area contributed by atoms with E-state index >= 15 is 0 Å². The number of aliphatic carboxylic acids is 1. The van der Waals surface area contributed by atoms with Gasteiger partial charge in [0.1, 0.15) is 0 Å². The van der Waals surface area contributed by atoms with Gasteiger partial charge in [0.25, 0.3) is 5.91 Å². The number of carbonyl (C=O) groups excluding carboxylic acids is 1. The summed E-state index contributed by atoms with van der Waals surface area (Å²) in [5.74, 6) is -0.408. The third-order valence-corrected chi connectivity index (χ3v) is 6.96. The molecule has 7 nitrogen and oxygen atoms in total. The van der Waals surface area contributed by atoms with Gasteiger partial charge in [0.2, 0.25) is 0 Å². The highest BCUT2D eigenvalue weighted by Crippen LogP contribution is 2.40. The van der Waals surface area contributed by atoms with Crippen molar-refractivity contribution >= 4 is 23.8 Å². The zero-order valence-corrected chi connectivity index (χ0v) is 19.9. The van der Waals surface area contributed by atoms with Gasteiger partial charge in [0.15, 0.2) is 0 Å². The van der Waals surface area contributed by atoms with E-state index in [2.05, 4.69) is 12.0 Å². The number of aryl methyl sites for hydroxylation is 1. The Labute approximate surface area is 201 Å². The van der Waals surface area contributed by atoms with Crippen LogP contribution in [-0.2, 0) is 16.0 Å². The molecule has 2 aliphatic rings. The fourth-order valence-corrected chi connectivity index (χ4v) is 5.05. The van der Waals surface area contributed by atoms with Crippen LogP contribution < -0.4 is 4.90 Å².